The van der Waals surface area contributed by atoms with E-state index in [0.29, 0.717) is 18.0 Å². The number of carbonyl (C=O) groups is 2. The number of nitrogens with zero attached hydrogens (tertiary/aromatic N) is 1. The number of rotatable bonds is 7. The van der Waals surface area contributed by atoms with Crippen LogP contribution in [0.3, 0.4) is 0 Å². The highest BCUT2D eigenvalue weighted by molar-refractivity contribution is 5.93. The predicted molar refractivity (Wildman–Crippen MR) is 97.3 cm³/mol. The van der Waals surface area contributed by atoms with Crippen LogP contribution in [-0.2, 0) is 16.1 Å². The summed E-state index contributed by atoms with van der Waals surface area (Å²) >= 11 is 0. The zero-order chi connectivity index (χ0) is 19.1. The van der Waals surface area contributed by atoms with Crippen molar-refractivity contribution in [1.82, 2.24) is 4.90 Å². The molecule has 0 aliphatic heterocycles. The van der Waals surface area contributed by atoms with Crippen molar-refractivity contribution in [1.29, 1.82) is 0 Å². The van der Waals surface area contributed by atoms with E-state index in [2.05, 4.69) is 0 Å². The van der Waals surface area contributed by atoms with Gasteiger partial charge in [0.1, 0.15) is 11.5 Å². The molecular weight excluding hydrogens is 334 g/mol. The molecule has 26 heavy (non-hydrogen) atoms. The minimum atomic E-state index is -0.909. The molecule has 0 unspecified atom stereocenters. The Morgan fingerprint density at radius 2 is 1.58 bits per heavy atom. The maximum atomic E-state index is 12.5. The van der Waals surface area contributed by atoms with E-state index < -0.39 is 12.1 Å². The van der Waals surface area contributed by atoms with Gasteiger partial charge < -0.3 is 19.1 Å². The molecule has 0 heterocycles. The summed E-state index contributed by atoms with van der Waals surface area (Å²) in [4.78, 5) is 26.4. The smallest absolute Gasteiger partial charge is 0.339 e. The molecule has 0 N–H and O–H groups in total. The van der Waals surface area contributed by atoms with Crippen molar-refractivity contribution >= 4 is 11.9 Å². The van der Waals surface area contributed by atoms with Crippen molar-refractivity contribution in [2.75, 3.05) is 21.3 Å². The van der Waals surface area contributed by atoms with Gasteiger partial charge in [-0.1, -0.05) is 30.3 Å². The van der Waals surface area contributed by atoms with Gasteiger partial charge in [-0.3, -0.25) is 4.79 Å². The molecule has 0 fully saturated rings. The number of amides is 1. The first kappa shape index (κ1) is 19.3. The lowest BCUT2D eigenvalue weighted by Gasteiger charge is -2.21. The lowest BCUT2D eigenvalue weighted by atomic mass is 10.2. The molecule has 2 rings (SSSR count). The maximum absolute atomic E-state index is 12.5. The van der Waals surface area contributed by atoms with Gasteiger partial charge in [-0.25, -0.2) is 4.79 Å². The lowest BCUT2D eigenvalue weighted by Crippen LogP contribution is -2.37. The number of likely N-dealkylation sites (N-methyl/N-ethyl adjacent to an activating group) is 1. The third kappa shape index (κ3) is 4.99. The Labute approximate surface area is 153 Å². The van der Waals surface area contributed by atoms with Crippen LogP contribution >= 0.6 is 0 Å². The summed E-state index contributed by atoms with van der Waals surface area (Å²) in [5.41, 5.74) is 1.26. The SMILES string of the molecule is COc1cc(OC)cc(C(=O)O[C@H](C)C(=O)N(C)Cc2ccccc2)c1. The second-order valence-electron chi connectivity index (χ2n) is 5.83. The normalized spacial score (nSPS) is 11.4. The Kier molecular flexibility index (Phi) is 6.60. The summed E-state index contributed by atoms with van der Waals surface area (Å²) in [7, 11) is 4.66. The number of carbonyl (C=O) groups excluding carboxylic acids is 2. The summed E-state index contributed by atoms with van der Waals surface area (Å²) in [6.07, 6.45) is -0.909. The van der Waals surface area contributed by atoms with Crippen LogP contribution < -0.4 is 9.47 Å². The van der Waals surface area contributed by atoms with Gasteiger partial charge in [0, 0.05) is 19.7 Å². The molecule has 0 radical (unpaired) electrons. The van der Waals surface area contributed by atoms with Crippen molar-refractivity contribution in [3.05, 3.63) is 59.7 Å². The average molecular weight is 357 g/mol. The molecule has 0 aromatic heterocycles. The Morgan fingerprint density at radius 1 is 1.00 bits per heavy atom. The highest BCUT2D eigenvalue weighted by Crippen LogP contribution is 2.23. The van der Waals surface area contributed by atoms with E-state index in [-0.39, 0.29) is 11.5 Å². The highest BCUT2D eigenvalue weighted by atomic mass is 16.5. The molecule has 1 amide bonds. The van der Waals surface area contributed by atoms with Crippen molar-refractivity contribution in [2.45, 2.75) is 19.6 Å². The molecule has 2 aromatic rings. The van der Waals surface area contributed by atoms with Crippen LogP contribution in [0.4, 0.5) is 0 Å². The molecule has 1 atom stereocenters. The van der Waals surface area contributed by atoms with E-state index in [9.17, 15) is 9.59 Å². The lowest BCUT2D eigenvalue weighted by molar-refractivity contribution is -0.139. The monoisotopic (exact) mass is 357 g/mol. The number of hydrogen-bond donors (Lipinski definition) is 0. The van der Waals surface area contributed by atoms with Gasteiger partial charge in [-0.15, -0.1) is 0 Å². The molecule has 6 nitrogen and oxygen atoms in total. The number of benzene rings is 2. The molecule has 138 valence electrons. The first-order chi connectivity index (χ1) is 12.4. The fourth-order valence-corrected chi connectivity index (χ4v) is 2.45. The number of hydrogen-bond acceptors (Lipinski definition) is 5. The van der Waals surface area contributed by atoms with Gasteiger partial charge in [0.15, 0.2) is 6.10 Å². The van der Waals surface area contributed by atoms with E-state index >= 15 is 0 Å². The Morgan fingerprint density at radius 3 is 2.12 bits per heavy atom. The van der Waals surface area contributed by atoms with Crippen LogP contribution in [0.5, 0.6) is 11.5 Å². The molecule has 2 aromatic carbocycles. The molecule has 0 aliphatic carbocycles. The molecular formula is C20H23NO5. The summed E-state index contributed by atoms with van der Waals surface area (Å²) in [5, 5.41) is 0. The van der Waals surface area contributed by atoms with E-state index in [1.807, 2.05) is 30.3 Å². The quantitative estimate of drug-likeness (QED) is 0.713. The standard InChI is InChI=1S/C20H23NO5/c1-14(19(22)21(2)13-15-8-6-5-7-9-15)26-20(23)16-10-17(24-3)12-18(11-16)25-4/h5-12,14H,13H2,1-4H3/t14-/m1/s1. The third-order valence-electron chi connectivity index (χ3n) is 3.86. The zero-order valence-electron chi connectivity index (χ0n) is 15.4. The number of ether oxygens (including phenoxy) is 3. The second-order valence-corrected chi connectivity index (χ2v) is 5.83. The fourth-order valence-electron chi connectivity index (χ4n) is 2.45. The Bertz CT molecular complexity index is 738. The molecule has 0 spiro atoms. The van der Waals surface area contributed by atoms with Crippen molar-refractivity contribution < 1.29 is 23.8 Å². The fraction of sp³-hybridized carbons (Fsp3) is 0.300. The van der Waals surface area contributed by atoms with E-state index in [1.54, 1.807) is 20.0 Å². The Hall–Kier alpha value is -3.02. The summed E-state index contributed by atoms with van der Waals surface area (Å²) in [6.45, 7) is 1.99. The number of esters is 1. The van der Waals surface area contributed by atoms with Crippen molar-refractivity contribution in [3.8, 4) is 11.5 Å². The summed E-state index contributed by atoms with van der Waals surface area (Å²) < 4.78 is 15.6. The van der Waals surface area contributed by atoms with Crippen LogP contribution in [0, 0.1) is 0 Å². The first-order valence-electron chi connectivity index (χ1n) is 8.17. The third-order valence-corrected chi connectivity index (χ3v) is 3.86. The summed E-state index contributed by atoms with van der Waals surface area (Å²) in [6, 6.07) is 14.3. The van der Waals surface area contributed by atoms with Crippen LogP contribution in [-0.4, -0.2) is 44.1 Å². The van der Waals surface area contributed by atoms with Crippen molar-refractivity contribution in [3.63, 3.8) is 0 Å². The largest absolute Gasteiger partial charge is 0.497 e. The molecule has 0 bridgehead atoms. The van der Waals surface area contributed by atoms with E-state index in [1.165, 1.54) is 31.3 Å². The molecule has 6 heteroatoms. The topological polar surface area (TPSA) is 65.1 Å². The van der Waals surface area contributed by atoms with Crippen LogP contribution in [0.25, 0.3) is 0 Å². The number of methoxy groups -OCH3 is 2. The van der Waals surface area contributed by atoms with E-state index in [0.717, 1.165) is 5.56 Å². The van der Waals surface area contributed by atoms with E-state index in [4.69, 9.17) is 14.2 Å². The van der Waals surface area contributed by atoms with Gasteiger partial charge in [0.2, 0.25) is 0 Å². The minimum absolute atomic E-state index is 0.256. The molecule has 0 saturated carbocycles. The highest BCUT2D eigenvalue weighted by Gasteiger charge is 2.23. The van der Waals surface area contributed by atoms with Crippen LogP contribution in [0.2, 0.25) is 0 Å². The predicted octanol–water partition coefficient (Wildman–Crippen LogP) is 2.91. The Balaban J connectivity index is 2.02. The van der Waals surface area contributed by atoms with Gasteiger partial charge in [0.25, 0.3) is 5.91 Å². The van der Waals surface area contributed by atoms with Gasteiger partial charge >= 0.3 is 5.97 Å². The minimum Gasteiger partial charge on any atom is -0.497 e. The average Bonchev–Trinajstić information content (AvgIpc) is 2.67. The summed E-state index contributed by atoms with van der Waals surface area (Å²) in [5.74, 6) is 0.0428. The van der Waals surface area contributed by atoms with Gasteiger partial charge in [-0.05, 0) is 24.6 Å². The zero-order valence-corrected chi connectivity index (χ0v) is 15.4. The van der Waals surface area contributed by atoms with Gasteiger partial charge in [-0.2, -0.15) is 0 Å². The van der Waals surface area contributed by atoms with Gasteiger partial charge in [0.05, 0.1) is 19.8 Å². The molecule has 0 aliphatic rings. The van der Waals surface area contributed by atoms with Crippen LogP contribution in [0.1, 0.15) is 22.8 Å². The second kappa shape index (κ2) is 8.89. The maximum Gasteiger partial charge on any atom is 0.339 e. The van der Waals surface area contributed by atoms with Crippen LogP contribution in [0.15, 0.2) is 48.5 Å². The van der Waals surface area contributed by atoms with Crippen molar-refractivity contribution in [2.24, 2.45) is 0 Å². The first-order valence-corrected chi connectivity index (χ1v) is 8.17. The molecule has 0 saturated heterocycles.